The Labute approximate surface area is 119 Å². The second kappa shape index (κ2) is 6.23. The third-order valence-electron chi connectivity index (χ3n) is 4.45. The molecule has 2 rings (SSSR count). The molecule has 0 spiro atoms. The van der Waals surface area contributed by atoms with E-state index in [1.807, 2.05) is 6.92 Å². The van der Waals surface area contributed by atoms with Crippen molar-refractivity contribution >= 4 is 11.8 Å². The first kappa shape index (κ1) is 14.8. The zero-order valence-corrected chi connectivity index (χ0v) is 12.0. The number of nitrogens with one attached hydrogen (secondary N) is 3. The van der Waals surface area contributed by atoms with Gasteiger partial charge in [0.1, 0.15) is 5.54 Å². The predicted molar refractivity (Wildman–Crippen MR) is 72.7 cm³/mol. The van der Waals surface area contributed by atoms with Crippen molar-refractivity contribution in [3.05, 3.63) is 0 Å². The predicted octanol–water partition coefficient (Wildman–Crippen LogP) is -1.27. The van der Waals surface area contributed by atoms with Gasteiger partial charge in [-0.05, 0) is 19.8 Å². The molecular formula is C14H23N4O2+. The molecule has 6 nitrogen and oxygen atoms in total. The minimum atomic E-state index is -0.693. The van der Waals surface area contributed by atoms with Crippen molar-refractivity contribution in [2.75, 3.05) is 19.6 Å². The molecule has 2 amide bonds. The molecular weight excluding hydrogens is 256 g/mol. The molecule has 0 aromatic carbocycles. The van der Waals surface area contributed by atoms with E-state index in [9.17, 15) is 14.9 Å². The fourth-order valence-corrected chi connectivity index (χ4v) is 3.04. The van der Waals surface area contributed by atoms with E-state index in [-0.39, 0.29) is 17.9 Å². The van der Waals surface area contributed by atoms with Crippen molar-refractivity contribution in [3.8, 4) is 6.07 Å². The summed E-state index contributed by atoms with van der Waals surface area (Å²) in [5.74, 6) is -0.128. The lowest BCUT2D eigenvalue weighted by molar-refractivity contribution is -0.907. The van der Waals surface area contributed by atoms with Crippen LogP contribution in [0.1, 0.15) is 39.0 Å². The van der Waals surface area contributed by atoms with Gasteiger partial charge in [-0.25, -0.2) is 0 Å². The highest BCUT2D eigenvalue weighted by molar-refractivity contribution is 5.82. The van der Waals surface area contributed by atoms with Gasteiger partial charge in [0, 0.05) is 0 Å². The first-order valence-electron chi connectivity index (χ1n) is 7.41. The van der Waals surface area contributed by atoms with Crippen molar-refractivity contribution in [2.45, 2.75) is 50.6 Å². The Morgan fingerprint density at radius 1 is 1.45 bits per heavy atom. The average molecular weight is 279 g/mol. The van der Waals surface area contributed by atoms with Crippen LogP contribution in [0.15, 0.2) is 0 Å². The Morgan fingerprint density at radius 2 is 2.15 bits per heavy atom. The van der Waals surface area contributed by atoms with E-state index < -0.39 is 5.54 Å². The van der Waals surface area contributed by atoms with Crippen molar-refractivity contribution in [1.82, 2.24) is 10.6 Å². The van der Waals surface area contributed by atoms with Crippen molar-refractivity contribution in [3.63, 3.8) is 0 Å². The summed E-state index contributed by atoms with van der Waals surface area (Å²) in [7, 11) is 0. The Balaban J connectivity index is 1.96. The van der Waals surface area contributed by atoms with Crippen LogP contribution in [0.2, 0.25) is 0 Å². The van der Waals surface area contributed by atoms with E-state index in [2.05, 4.69) is 16.7 Å². The van der Waals surface area contributed by atoms with Crippen LogP contribution >= 0.6 is 0 Å². The number of amides is 2. The maximum Gasteiger partial charge on any atom is 0.279 e. The Hall–Kier alpha value is -1.61. The monoisotopic (exact) mass is 279 g/mol. The van der Waals surface area contributed by atoms with Gasteiger partial charge in [0.2, 0.25) is 0 Å². The number of piperazine rings is 1. The van der Waals surface area contributed by atoms with Crippen LogP contribution in [0.25, 0.3) is 0 Å². The van der Waals surface area contributed by atoms with Crippen LogP contribution in [-0.4, -0.2) is 43.0 Å². The van der Waals surface area contributed by atoms with E-state index in [4.69, 9.17) is 0 Å². The summed E-state index contributed by atoms with van der Waals surface area (Å²) in [4.78, 5) is 24.7. The lowest BCUT2D eigenvalue weighted by Crippen LogP contribution is -3.19. The largest absolute Gasteiger partial charge is 0.346 e. The normalized spacial score (nSPS) is 27.0. The molecule has 1 saturated heterocycles. The minimum absolute atomic E-state index is 0.0152. The molecule has 1 aliphatic heterocycles. The number of rotatable bonds is 3. The van der Waals surface area contributed by atoms with Crippen molar-refractivity contribution in [2.24, 2.45) is 0 Å². The van der Waals surface area contributed by atoms with E-state index >= 15 is 0 Å². The minimum Gasteiger partial charge on any atom is -0.346 e. The van der Waals surface area contributed by atoms with Crippen molar-refractivity contribution < 1.29 is 14.5 Å². The van der Waals surface area contributed by atoms with Gasteiger partial charge in [-0.3, -0.25) is 9.59 Å². The summed E-state index contributed by atoms with van der Waals surface area (Å²) >= 11 is 0. The van der Waals surface area contributed by atoms with Crippen LogP contribution in [0.3, 0.4) is 0 Å². The van der Waals surface area contributed by atoms with E-state index in [0.717, 1.165) is 43.5 Å². The maximum absolute atomic E-state index is 12.4. The van der Waals surface area contributed by atoms with E-state index in [0.29, 0.717) is 13.1 Å². The lowest BCUT2D eigenvalue weighted by Gasteiger charge is -2.34. The molecule has 0 bridgehead atoms. The first-order chi connectivity index (χ1) is 9.56. The summed E-state index contributed by atoms with van der Waals surface area (Å²) < 4.78 is 0. The summed E-state index contributed by atoms with van der Waals surface area (Å²) in [6, 6.07) is 2.00. The van der Waals surface area contributed by atoms with Gasteiger partial charge in [-0.1, -0.05) is 19.3 Å². The molecule has 1 saturated carbocycles. The highest BCUT2D eigenvalue weighted by Gasteiger charge is 2.37. The molecule has 20 heavy (non-hydrogen) atoms. The molecule has 0 radical (unpaired) electrons. The van der Waals surface area contributed by atoms with Gasteiger partial charge in [0.25, 0.3) is 11.8 Å². The fourth-order valence-electron chi connectivity index (χ4n) is 3.04. The molecule has 6 heteroatoms. The zero-order valence-electron chi connectivity index (χ0n) is 12.0. The third kappa shape index (κ3) is 3.28. The zero-order chi connectivity index (χ0) is 14.6. The van der Waals surface area contributed by atoms with Crippen LogP contribution in [0.4, 0.5) is 0 Å². The molecule has 1 unspecified atom stereocenters. The third-order valence-corrected chi connectivity index (χ3v) is 4.45. The molecule has 1 aliphatic carbocycles. The number of hydrogen-bond acceptors (Lipinski definition) is 3. The van der Waals surface area contributed by atoms with Gasteiger partial charge in [-0.15, -0.1) is 0 Å². The van der Waals surface area contributed by atoms with Crippen LogP contribution < -0.4 is 15.5 Å². The Bertz CT molecular complexity index is 423. The van der Waals surface area contributed by atoms with Gasteiger partial charge in [0.15, 0.2) is 12.6 Å². The second-order valence-corrected chi connectivity index (χ2v) is 5.90. The SMILES string of the molecule is C[C@H](C(=O)NC1(C#N)CCCCC1)[NH+]1CCNC(=O)C1. The Morgan fingerprint density at radius 3 is 2.75 bits per heavy atom. The van der Waals surface area contributed by atoms with Gasteiger partial charge in [-0.2, -0.15) is 5.26 Å². The molecule has 110 valence electrons. The number of nitrogens with zero attached hydrogens (tertiary/aromatic N) is 1. The highest BCUT2D eigenvalue weighted by Crippen LogP contribution is 2.27. The lowest BCUT2D eigenvalue weighted by atomic mass is 9.82. The molecule has 1 heterocycles. The molecule has 2 fully saturated rings. The van der Waals surface area contributed by atoms with Crippen LogP contribution in [0.5, 0.6) is 0 Å². The van der Waals surface area contributed by atoms with E-state index in [1.54, 1.807) is 0 Å². The molecule has 2 aliphatic rings. The molecule has 2 atom stereocenters. The Kier molecular flexibility index (Phi) is 4.61. The summed E-state index contributed by atoms with van der Waals surface area (Å²) in [6.45, 7) is 3.51. The molecule has 3 N–H and O–H groups in total. The first-order valence-corrected chi connectivity index (χ1v) is 7.41. The van der Waals surface area contributed by atoms with Crippen molar-refractivity contribution in [1.29, 1.82) is 5.26 Å². The standard InChI is InChI=1S/C14H22N4O2/c1-11(18-8-7-16-12(19)9-18)13(20)17-14(10-15)5-3-2-4-6-14/h11H,2-9H2,1H3,(H,16,19)(H,17,20)/p+1/t11-/m1/s1. The number of carbonyl (C=O) groups excluding carboxylic acids is 2. The van der Waals surface area contributed by atoms with E-state index in [1.165, 1.54) is 0 Å². The van der Waals surface area contributed by atoms with Gasteiger partial charge >= 0.3 is 0 Å². The molecule has 0 aromatic rings. The summed E-state index contributed by atoms with van der Waals surface area (Å²) in [6.07, 6.45) is 4.57. The van der Waals surface area contributed by atoms with Crippen LogP contribution in [-0.2, 0) is 9.59 Å². The fraction of sp³-hybridized carbons (Fsp3) is 0.786. The number of hydrogen-bond donors (Lipinski definition) is 3. The van der Waals surface area contributed by atoms with Gasteiger partial charge < -0.3 is 15.5 Å². The second-order valence-electron chi connectivity index (χ2n) is 5.90. The average Bonchev–Trinajstić information content (AvgIpc) is 2.47. The quantitative estimate of drug-likeness (QED) is 0.602. The smallest absolute Gasteiger partial charge is 0.279 e. The summed E-state index contributed by atoms with van der Waals surface area (Å²) in [5, 5.41) is 15.1. The number of carbonyl (C=O) groups is 2. The number of nitriles is 1. The number of quaternary nitrogens is 1. The highest BCUT2D eigenvalue weighted by atomic mass is 16.2. The topological polar surface area (TPSA) is 86.4 Å². The van der Waals surface area contributed by atoms with Gasteiger partial charge in [0.05, 0.1) is 19.2 Å². The molecule has 0 aromatic heterocycles. The summed E-state index contributed by atoms with van der Waals surface area (Å²) in [5.41, 5.74) is -0.693. The van der Waals surface area contributed by atoms with Crippen LogP contribution in [0, 0.1) is 11.3 Å². The maximum atomic E-state index is 12.4.